The summed E-state index contributed by atoms with van der Waals surface area (Å²) >= 11 is 1.82. The number of nitrogens with zero attached hydrogens (tertiary/aromatic N) is 1. The molecule has 2 rings (SSSR count). The quantitative estimate of drug-likeness (QED) is 0.793. The van der Waals surface area contributed by atoms with Crippen molar-refractivity contribution in [3.05, 3.63) is 16.6 Å². The van der Waals surface area contributed by atoms with Crippen LogP contribution >= 0.6 is 11.3 Å². The van der Waals surface area contributed by atoms with E-state index in [0.717, 1.165) is 18.4 Å². The molecule has 3 heteroatoms. The van der Waals surface area contributed by atoms with Crippen LogP contribution in [0.15, 0.2) is 11.6 Å². The molecule has 2 nitrogen and oxygen atoms in total. The molecule has 0 aromatic carbocycles. The van der Waals surface area contributed by atoms with Gasteiger partial charge in [0.05, 0.1) is 5.01 Å². The highest BCUT2D eigenvalue weighted by molar-refractivity contribution is 7.09. The van der Waals surface area contributed by atoms with Gasteiger partial charge in [0.2, 0.25) is 0 Å². The summed E-state index contributed by atoms with van der Waals surface area (Å²) in [5, 5.41) is 7.05. The fourth-order valence-corrected chi connectivity index (χ4v) is 4.05. The average molecular weight is 280 g/mol. The molecule has 1 fully saturated rings. The first-order valence-electron chi connectivity index (χ1n) is 7.70. The van der Waals surface area contributed by atoms with E-state index in [0.29, 0.717) is 5.41 Å². The fraction of sp³-hybridized carbons (Fsp3) is 0.812. The van der Waals surface area contributed by atoms with Crippen LogP contribution in [0.3, 0.4) is 0 Å². The van der Waals surface area contributed by atoms with Crippen molar-refractivity contribution in [2.45, 2.75) is 52.9 Å². The number of nitrogens with one attached hydrogen (secondary N) is 1. The first-order chi connectivity index (χ1) is 9.11. The monoisotopic (exact) mass is 280 g/mol. The Balaban J connectivity index is 1.95. The summed E-state index contributed by atoms with van der Waals surface area (Å²) in [5.41, 5.74) is 0.517. The fourth-order valence-electron chi connectivity index (χ4n) is 3.34. The Morgan fingerprint density at radius 2 is 2.26 bits per heavy atom. The van der Waals surface area contributed by atoms with Crippen LogP contribution in [0.4, 0.5) is 0 Å². The largest absolute Gasteiger partial charge is 0.316 e. The van der Waals surface area contributed by atoms with E-state index in [-0.39, 0.29) is 0 Å². The van der Waals surface area contributed by atoms with Gasteiger partial charge in [-0.2, -0.15) is 0 Å². The minimum absolute atomic E-state index is 0.517. The van der Waals surface area contributed by atoms with E-state index in [1.165, 1.54) is 43.7 Å². The van der Waals surface area contributed by atoms with Gasteiger partial charge in [-0.15, -0.1) is 11.3 Å². The van der Waals surface area contributed by atoms with Crippen LogP contribution in [-0.4, -0.2) is 18.1 Å². The molecule has 0 saturated heterocycles. The molecule has 0 spiro atoms. The highest BCUT2D eigenvalue weighted by Crippen LogP contribution is 2.43. The Hall–Kier alpha value is -0.410. The third-order valence-corrected chi connectivity index (χ3v) is 5.23. The standard InChI is InChI=1S/C16H28N2S/c1-4-7-17-12-13-5-6-16(2,3)11-14(13)10-15-18-8-9-19-15/h8-9,13-14,17H,4-7,10-12H2,1-3H3. The molecule has 2 atom stereocenters. The number of thiazole rings is 1. The van der Waals surface area contributed by atoms with Crippen molar-refractivity contribution in [3.8, 4) is 0 Å². The lowest BCUT2D eigenvalue weighted by Crippen LogP contribution is -2.37. The smallest absolute Gasteiger partial charge is 0.0927 e. The summed E-state index contributed by atoms with van der Waals surface area (Å²) in [5.74, 6) is 1.64. The Bertz CT molecular complexity index is 359. The second-order valence-corrected chi connectivity index (χ2v) is 7.74. The molecule has 1 saturated carbocycles. The van der Waals surface area contributed by atoms with Crippen molar-refractivity contribution in [1.82, 2.24) is 10.3 Å². The van der Waals surface area contributed by atoms with Gasteiger partial charge in [-0.05, 0) is 56.0 Å². The van der Waals surface area contributed by atoms with Crippen LogP contribution in [0.2, 0.25) is 0 Å². The molecule has 0 aliphatic heterocycles. The van der Waals surface area contributed by atoms with Crippen LogP contribution < -0.4 is 5.32 Å². The minimum Gasteiger partial charge on any atom is -0.316 e. The van der Waals surface area contributed by atoms with Crippen molar-refractivity contribution in [2.75, 3.05) is 13.1 Å². The molecule has 1 aromatic rings. The van der Waals surface area contributed by atoms with Crippen LogP contribution in [0, 0.1) is 17.3 Å². The zero-order chi connectivity index (χ0) is 13.7. The van der Waals surface area contributed by atoms with Crippen LogP contribution in [0.5, 0.6) is 0 Å². The molecule has 1 aliphatic carbocycles. The van der Waals surface area contributed by atoms with Gasteiger partial charge in [-0.25, -0.2) is 4.98 Å². The first-order valence-corrected chi connectivity index (χ1v) is 8.58. The predicted octanol–water partition coefficient (Wildman–Crippen LogP) is 4.13. The van der Waals surface area contributed by atoms with Crippen LogP contribution in [0.25, 0.3) is 0 Å². The van der Waals surface area contributed by atoms with Crippen molar-refractivity contribution in [2.24, 2.45) is 17.3 Å². The van der Waals surface area contributed by atoms with E-state index < -0.39 is 0 Å². The van der Waals surface area contributed by atoms with E-state index in [1.807, 2.05) is 17.5 Å². The molecule has 1 aromatic heterocycles. The zero-order valence-electron chi connectivity index (χ0n) is 12.6. The molecular formula is C16H28N2S. The van der Waals surface area contributed by atoms with Gasteiger partial charge in [0, 0.05) is 18.0 Å². The molecule has 19 heavy (non-hydrogen) atoms. The van der Waals surface area contributed by atoms with Crippen LogP contribution in [0.1, 0.15) is 51.5 Å². The van der Waals surface area contributed by atoms with E-state index in [9.17, 15) is 0 Å². The first kappa shape index (κ1) is 15.0. The molecular weight excluding hydrogens is 252 g/mol. The predicted molar refractivity (Wildman–Crippen MR) is 83.6 cm³/mol. The van der Waals surface area contributed by atoms with Crippen LogP contribution in [-0.2, 0) is 6.42 Å². The molecule has 0 amide bonds. The van der Waals surface area contributed by atoms with Gasteiger partial charge >= 0.3 is 0 Å². The van der Waals surface area contributed by atoms with E-state index in [2.05, 4.69) is 36.5 Å². The summed E-state index contributed by atoms with van der Waals surface area (Å²) in [6.45, 7) is 9.45. The lowest BCUT2D eigenvalue weighted by molar-refractivity contribution is 0.116. The number of rotatable bonds is 6. The third-order valence-electron chi connectivity index (χ3n) is 4.43. The van der Waals surface area contributed by atoms with Gasteiger partial charge in [0.15, 0.2) is 0 Å². The SMILES string of the molecule is CCCNCC1CCC(C)(C)CC1Cc1nccs1. The number of hydrogen-bond acceptors (Lipinski definition) is 3. The summed E-state index contributed by atoms with van der Waals surface area (Å²) in [6.07, 6.45) is 8.46. The van der Waals surface area contributed by atoms with Gasteiger partial charge < -0.3 is 5.32 Å². The van der Waals surface area contributed by atoms with Crippen molar-refractivity contribution < 1.29 is 0 Å². The maximum Gasteiger partial charge on any atom is 0.0927 e. The summed E-state index contributed by atoms with van der Waals surface area (Å²) < 4.78 is 0. The second-order valence-electron chi connectivity index (χ2n) is 6.76. The lowest BCUT2D eigenvalue weighted by atomic mass is 9.66. The van der Waals surface area contributed by atoms with Gasteiger partial charge in [0.1, 0.15) is 0 Å². The highest BCUT2D eigenvalue weighted by Gasteiger charge is 2.34. The topological polar surface area (TPSA) is 24.9 Å². The van der Waals surface area contributed by atoms with Gasteiger partial charge in [-0.3, -0.25) is 0 Å². The molecule has 108 valence electrons. The molecule has 2 unspecified atom stereocenters. The highest BCUT2D eigenvalue weighted by atomic mass is 32.1. The normalized spacial score (nSPS) is 26.5. The van der Waals surface area contributed by atoms with Crippen molar-refractivity contribution in [1.29, 1.82) is 0 Å². The summed E-state index contributed by atoms with van der Waals surface area (Å²) in [7, 11) is 0. The minimum atomic E-state index is 0.517. The average Bonchev–Trinajstić information content (AvgIpc) is 2.84. The Morgan fingerprint density at radius 3 is 2.95 bits per heavy atom. The lowest BCUT2D eigenvalue weighted by Gasteiger charge is -2.41. The Kier molecular flexibility index (Phi) is 5.40. The summed E-state index contributed by atoms with van der Waals surface area (Å²) in [4.78, 5) is 4.49. The summed E-state index contributed by atoms with van der Waals surface area (Å²) in [6, 6.07) is 0. The Labute approximate surface area is 122 Å². The molecule has 1 N–H and O–H groups in total. The van der Waals surface area contributed by atoms with E-state index in [1.54, 1.807) is 0 Å². The molecule has 0 radical (unpaired) electrons. The number of hydrogen-bond donors (Lipinski definition) is 1. The Morgan fingerprint density at radius 1 is 1.42 bits per heavy atom. The van der Waals surface area contributed by atoms with Gasteiger partial charge in [0.25, 0.3) is 0 Å². The van der Waals surface area contributed by atoms with E-state index >= 15 is 0 Å². The van der Waals surface area contributed by atoms with Crippen molar-refractivity contribution >= 4 is 11.3 Å². The third kappa shape index (κ3) is 4.57. The van der Waals surface area contributed by atoms with E-state index in [4.69, 9.17) is 0 Å². The molecule has 0 bridgehead atoms. The zero-order valence-corrected chi connectivity index (χ0v) is 13.4. The number of aromatic nitrogens is 1. The molecule has 1 aliphatic rings. The van der Waals surface area contributed by atoms with Crippen molar-refractivity contribution in [3.63, 3.8) is 0 Å². The second kappa shape index (κ2) is 6.85. The van der Waals surface area contributed by atoms with Gasteiger partial charge in [-0.1, -0.05) is 20.8 Å². The maximum atomic E-state index is 4.49. The maximum absolute atomic E-state index is 4.49. The molecule has 1 heterocycles.